The summed E-state index contributed by atoms with van der Waals surface area (Å²) in [6, 6.07) is 0. The van der Waals surface area contributed by atoms with E-state index in [0.29, 0.717) is 13.2 Å². The fourth-order valence-corrected chi connectivity index (χ4v) is 0.602. The Kier molecular flexibility index (Phi) is 15.9. The molecule has 0 radical (unpaired) electrons. The van der Waals surface area contributed by atoms with Gasteiger partial charge in [-0.25, -0.2) is 0 Å². The summed E-state index contributed by atoms with van der Waals surface area (Å²) in [5, 5.41) is 16.2. The third kappa shape index (κ3) is 25.3. The van der Waals surface area contributed by atoms with Crippen LogP contribution >= 0.6 is 0 Å². The Labute approximate surface area is 100 Å². The summed E-state index contributed by atoms with van der Waals surface area (Å²) < 4.78 is 13.6. The number of ether oxygens (including phenoxy) is 3. The van der Waals surface area contributed by atoms with E-state index in [0.717, 1.165) is 0 Å². The van der Waals surface area contributed by atoms with Crippen LogP contribution in [0.4, 0.5) is 0 Å². The second-order valence-electron chi connectivity index (χ2n) is 2.74. The number of hydrogen-bond acceptors (Lipinski definition) is 7. The predicted molar refractivity (Wildman–Crippen MR) is 58.3 cm³/mol. The van der Waals surface area contributed by atoms with E-state index < -0.39 is 0 Å². The van der Waals surface area contributed by atoms with Crippen LogP contribution in [0.15, 0.2) is 0 Å². The second-order valence-corrected chi connectivity index (χ2v) is 2.74. The lowest BCUT2D eigenvalue weighted by Gasteiger charge is -2.00. The van der Waals surface area contributed by atoms with Gasteiger partial charge in [0.2, 0.25) is 0 Å². The summed E-state index contributed by atoms with van der Waals surface area (Å²) in [7, 11) is 0. The summed E-state index contributed by atoms with van der Waals surface area (Å²) in [4.78, 5) is 20.3. The molecule has 0 rings (SSSR count). The molecule has 0 amide bonds. The van der Waals surface area contributed by atoms with Crippen molar-refractivity contribution in [1.82, 2.24) is 0 Å². The van der Waals surface area contributed by atoms with Crippen LogP contribution in [0.25, 0.3) is 0 Å². The van der Waals surface area contributed by atoms with Gasteiger partial charge in [0.1, 0.15) is 13.2 Å². The van der Waals surface area contributed by atoms with Crippen LogP contribution in [0, 0.1) is 0 Å². The lowest BCUT2D eigenvalue weighted by molar-refractivity contribution is -0.149. The highest BCUT2D eigenvalue weighted by Crippen LogP contribution is 1.79. The highest BCUT2D eigenvalue weighted by molar-refractivity contribution is 5.66. The van der Waals surface area contributed by atoms with Crippen molar-refractivity contribution in [1.29, 1.82) is 0 Å². The maximum absolute atomic E-state index is 10.1. The van der Waals surface area contributed by atoms with Crippen LogP contribution in [0.5, 0.6) is 0 Å². The molecule has 0 heterocycles. The molecular formula is C10H20O7. The molecule has 7 heteroatoms. The predicted octanol–water partition coefficient (Wildman–Crippen LogP) is -0.900. The van der Waals surface area contributed by atoms with Gasteiger partial charge in [-0.2, -0.15) is 0 Å². The minimum Gasteiger partial charge on any atom is -0.462 e. The smallest absolute Gasteiger partial charge is 0.302 e. The molecule has 102 valence electrons. The lowest BCUT2D eigenvalue weighted by Crippen LogP contribution is -2.09. The maximum atomic E-state index is 10.1. The van der Waals surface area contributed by atoms with Gasteiger partial charge in [0.25, 0.3) is 0 Å². The van der Waals surface area contributed by atoms with Crippen LogP contribution in [0.1, 0.15) is 13.8 Å². The average molecular weight is 252 g/mol. The van der Waals surface area contributed by atoms with Crippen LogP contribution in [0.2, 0.25) is 0 Å². The van der Waals surface area contributed by atoms with Gasteiger partial charge in [-0.05, 0) is 0 Å². The zero-order chi connectivity index (χ0) is 13.5. The Morgan fingerprint density at radius 2 is 1.18 bits per heavy atom. The Balaban J connectivity index is 0. The Bertz CT molecular complexity index is 173. The standard InChI is InChI=1S/C6H10O4.C4H10O3/c1-5(7)9-3-4-10-6(2)8;5-1-3-7-4-2-6/h3-4H2,1-2H3;5-6H,1-4H2. The first kappa shape index (κ1) is 18.2. The molecule has 0 aliphatic heterocycles. The molecule has 0 spiro atoms. The topological polar surface area (TPSA) is 102 Å². The first-order valence-electron chi connectivity index (χ1n) is 5.10. The molecule has 0 saturated heterocycles. The summed E-state index contributed by atoms with van der Waals surface area (Å²) in [6.45, 7) is 3.56. The molecule has 0 atom stereocenters. The van der Waals surface area contributed by atoms with E-state index in [-0.39, 0.29) is 38.4 Å². The van der Waals surface area contributed by atoms with Gasteiger partial charge in [-0.15, -0.1) is 0 Å². The highest BCUT2D eigenvalue weighted by Gasteiger charge is 1.94. The molecule has 0 aromatic rings. The molecule has 0 aliphatic rings. The normalized spacial score (nSPS) is 8.94. The second kappa shape index (κ2) is 14.8. The van der Waals surface area contributed by atoms with Crippen molar-refractivity contribution >= 4 is 11.9 Å². The van der Waals surface area contributed by atoms with E-state index in [4.69, 9.17) is 10.2 Å². The van der Waals surface area contributed by atoms with Gasteiger partial charge in [0.05, 0.1) is 26.4 Å². The van der Waals surface area contributed by atoms with E-state index in [2.05, 4.69) is 14.2 Å². The highest BCUT2D eigenvalue weighted by atomic mass is 16.6. The minimum atomic E-state index is -0.368. The molecule has 7 nitrogen and oxygen atoms in total. The van der Waals surface area contributed by atoms with E-state index in [1.54, 1.807) is 0 Å². The summed E-state index contributed by atoms with van der Waals surface area (Å²) in [5.41, 5.74) is 0. The van der Waals surface area contributed by atoms with Crippen LogP contribution in [-0.4, -0.2) is 61.8 Å². The zero-order valence-electron chi connectivity index (χ0n) is 10.2. The molecule has 0 aromatic carbocycles. The SMILES string of the molecule is CC(=O)OCCOC(C)=O.OCCOCCO. The Morgan fingerprint density at radius 3 is 1.41 bits per heavy atom. The van der Waals surface area contributed by atoms with E-state index in [1.165, 1.54) is 13.8 Å². The quantitative estimate of drug-likeness (QED) is 0.447. The number of carbonyl (C=O) groups excluding carboxylic acids is 2. The van der Waals surface area contributed by atoms with Crippen LogP contribution < -0.4 is 0 Å². The van der Waals surface area contributed by atoms with Crippen molar-refractivity contribution in [2.75, 3.05) is 39.6 Å². The Hall–Kier alpha value is -1.18. The number of aliphatic hydroxyl groups is 2. The average Bonchev–Trinajstić information content (AvgIpc) is 2.26. The third-order valence-corrected chi connectivity index (χ3v) is 1.17. The maximum Gasteiger partial charge on any atom is 0.302 e. The fraction of sp³-hybridized carbons (Fsp3) is 0.800. The summed E-state index contributed by atoms with van der Waals surface area (Å²) in [5.74, 6) is -0.737. The van der Waals surface area contributed by atoms with Gasteiger partial charge in [-0.1, -0.05) is 0 Å². The van der Waals surface area contributed by atoms with Gasteiger partial charge in [0, 0.05) is 13.8 Å². The molecule has 0 unspecified atom stereocenters. The van der Waals surface area contributed by atoms with E-state index >= 15 is 0 Å². The van der Waals surface area contributed by atoms with Crippen molar-refractivity contribution in [3.63, 3.8) is 0 Å². The third-order valence-electron chi connectivity index (χ3n) is 1.17. The van der Waals surface area contributed by atoms with Gasteiger partial charge >= 0.3 is 11.9 Å². The van der Waals surface area contributed by atoms with Crippen molar-refractivity contribution in [2.45, 2.75) is 13.8 Å². The molecule has 2 N–H and O–H groups in total. The number of esters is 2. The van der Waals surface area contributed by atoms with Crippen molar-refractivity contribution in [3.05, 3.63) is 0 Å². The number of rotatable bonds is 7. The summed E-state index contributed by atoms with van der Waals surface area (Å²) >= 11 is 0. The number of carbonyl (C=O) groups is 2. The molecular weight excluding hydrogens is 232 g/mol. The van der Waals surface area contributed by atoms with Crippen LogP contribution in [-0.2, 0) is 23.8 Å². The molecule has 17 heavy (non-hydrogen) atoms. The molecule has 0 saturated carbocycles. The monoisotopic (exact) mass is 252 g/mol. The molecule has 0 aliphatic carbocycles. The fourth-order valence-electron chi connectivity index (χ4n) is 0.602. The van der Waals surface area contributed by atoms with E-state index in [9.17, 15) is 9.59 Å². The first-order chi connectivity index (χ1) is 8.04. The van der Waals surface area contributed by atoms with Gasteiger partial charge < -0.3 is 24.4 Å². The molecule has 0 aromatic heterocycles. The molecule has 0 fully saturated rings. The van der Waals surface area contributed by atoms with Gasteiger partial charge in [0.15, 0.2) is 0 Å². The van der Waals surface area contributed by atoms with Crippen molar-refractivity contribution in [2.24, 2.45) is 0 Å². The van der Waals surface area contributed by atoms with Gasteiger partial charge in [-0.3, -0.25) is 9.59 Å². The van der Waals surface area contributed by atoms with Crippen molar-refractivity contribution in [3.8, 4) is 0 Å². The summed E-state index contributed by atoms with van der Waals surface area (Å²) in [6.07, 6.45) is 0. The first-order valence-corrected chi connectivity index (χ1v) is 5.10. The zero-order valence-corrected chi connectivity index (χ0v) is 10.2. The Morgan fingerprint density at radius 1 is 0.824 bits per heavy atom. The van der Waals surface area contributed by atoms with Crippen molar-refractivity contribution < 1.29 is 34.0 Å². The minimum absolute atomic E-state index is 0.0278. The molecule has 0 bridgehead atoms. The number of hydrogen-bond donors (Lipinski definition) is 2. The van der Waals surface area contributed by atoms with E-state index in [1.807, 2.05) is 0 Å². The van der Waals surface area contributed by atoms with Crippen LogP contribution in [0.3, 0.4) is 0 Å². The number of aliphatic hydroxyl groups excluding tert-OH is 2. The largest absolute Gasteiger partial charge is 0.462 e. The lowest BCUT2D eigenvalue weighted by atomic mass is 10.7.